The number of carbonyl (C=O) groups is 1. The third kappa shape index (κ3) is 5.92. The number of aliphatic hydroxyl groups is 1. The summed E-state index contributed by atoms with van der Waals surface area (Å²) in [5, 5.41) is 10.1. The molecule has 1 amide bonds. The zero-order valence-corrected chi connectivity index (χ0v) is 14.0. The fourth-order valence-electron chi connectivity index (χ4n) is 1.70. The highest BCUT2D eigenvalue weighted by Gasteiger charge is 2.17. The van der Waals surface area contributed by atoms with Gasteiger partial charge in [-0.25, -0.2) is 4.98 Å². The summed E-state index contributed by atoms with van der Waals surface area (Å²) in [5.74, 6) is -0.148. The van der Waals surface area contributed by atoms with Crippen LogP contribution >= 0.6 is 13.5 Å². The minimum Gasteiger partial charge on any atom is -0.387 e. The highest BCUT2D eigenvalue weighted by Crippen LogP contribution is 2.26. The highest BCUT2D eigenvalue weighted by molar-refractivity contribution is 7.59. The van der Waals surface area contributed by atoms with Crippen molar-refractivity contribution in [3.8, 4) is 0 Å². The number of carbonyl (C=O) groups excluding carboxylic acids is 1. The minimum atomic E-state index is -0.617. The standard InChI is InChI=1S/C15H24N2O2.H2S/c1-15(2,3)10-9-13(18)11-7-6-8-12(16-11)14(19)17(4)5;/h6-8,13,18H,9-10H2,1-5H3;1H2/t13-;/m0./s1. The molecule has 4 nitrogen and oxygen atoms in total. The van der Waals surface area contributed by atoms with Gasteiger partial charge in [0.1, 0.15) is 5.69 Å². The zero-order valence-electron chi connectivity index (χ0n) is 13.0. The molecule has 1 rings (SSSR count). The van der Waals surface area contributed by atoms with E-state index < -0.39 is 6.10 Å². The summed E-state index contributed by atoms with van der Waals surface area (Å²) in [6.07, 6.45) is 0.937. The summed E-state index contributed by atoms with van der Waals surface area (Å²) < 4.78 is 0. The van der Waals surface area contributed by atoms with Crippen molar-refractivity contribution in [2.24, 2.45) is 5.41 Å². The summed E-state index contributed by atoms with van der Waals surface area (Å²) in [5.41, 5.74) is 1.12. The number of aliphatic hydroxyl groups excluding tert-OH is 1. The van der Waals surface area contributed by atoms with Crippen molar-refractivity contribution in [3.63, 3.8) is 0 Å². The van der Waals surface area contributed by atoms with Crippen LogP contribution in [0.5, 0.6) is 0 Å². The lowest BCUT2D eigenvalue weighted by atomic mass is 9.89. The predicted molar refractivity (Wildman–Crippen MR) is 86.3 cm³/mol. The lowest BCUT2D eigenvalue weighted by Gasteiger charge is -2.20. The van der Waals surface area contributed by atoms with E-state index in [1.165, 1.54) is 4.90 Å². The van der Waals surface area contributed by atoms with Crippen molar-refractivity contribution in [1.29, 1.82) is 0 Å². The minimum absolute atomic E-state index is 0. The van der Waals surface area contributed by atoms with E-state index >= 15 is 0 Å². The van der Waals surface area contributed by atoms with Crippen LogP contribution in [0.3, 0.4) is 0 Å². The summed E-state index contributed by atoms with van der Waals surface area (Å²) >= 11 is 0. The largest absolute Gasteiger partial charge is 0.387 e. The van der Waals surface area contributed by atoms with Gasteiger partial charge in [-0.3, -0.25) is 4.79 Å². The quantitative estimate of drug-likeness (QED) is 0.930. The van der Waals surface area contributed by atoms with Crippen LogP contribution < -0.4 is 0 Å². The van der Waals surface area contributed by atoms with Gasteiger partial charge < -0.3 is 10.0 Å². The Hall–Kier alpha value is -1.07. The van der Waals surface area contributed by atoms with Crippen LogP contribution in [0.25, 0.3) is 0 Å². The fraction of sp³-hybridized carbons (Fsp3) is 0.600. The van der Waals surface area contributed by atoms with Gasteiger partial charge in [0, 0.05) is 14.1 Å². The molecule has 0 spiro atoms. The van der Waals surface area contributed by atoms with Crippen LogP contribution in [0.4, 0.5) is 0 Å². The summed E-state index contributed by atoms with van der Waals surface area (Å²) in [6, 6.07) is 5.20. The Labute approximate surface area is 128 Å². The van der Waals surface area contributed by atoms with Crippen LogP contribution in [-0.2, 0) is 0 Å². The molecule has 20 heavy (non-hydrogen) atoms. The molecule has 0 saturated heterocycles. The average Bonchev–Trinajstić information content (AvgIpc) is 2.34. The van der Waals surface area contributed by atoms with E-state index in [9.17, 15) is 9.90 Å². The van der Waals surface area contributed by atoms with E-state index in [0.29, 0.717) is 17.8 Å². The maximum absolute atomic E-state index is 11.8. The lowest BCUT2D eigenvalue weighted by Crippen LogP contribution is -2.23. The van der Waals surface area contributed by atoms with Crippen LogP contribution in [0.1, 0.15) is 55.9 Å². The van der Waals surface area contributed by atoms with E-state index in [-0.39, 0.29) is 24.8 Å². The van der Waals surface area contributed by atoms with Crippen LogP contribution in [0, 0.1) is 5.41 Å². The first-order chi connectivity index (χ1) is 8.70. The smallest absolute Gasteiger partial charge is 0.271 e. The molecule has 1 aromatic rings. The molecule has 0 aliphatic carbocycles. The molecule has 0 radical (unpaired) electrons. The molecule has 114 valence electrons. The maximum atomic E-state index is 11.8. The summed E-state index contributed by atoms with van der Waals surface area (Å²) in [6.45, 7) is 6.41. The normalized spacial score (nSPS) is 12.5. The van der Waals surface area contributed by atoms with Gasteiger partial charge in [0.05, 0.1) is 11.8 Å². The Morgan fingerprint density at radius 1 is 1.35 bits per heavy atom. The lowest BCUT2D eigenvalue weighted by molar-refractivity contribution is 0.0820. The molecule has 0 aromatic carbocycles. The molecule has 0 bridgehead atoms. The van der Waals surface area contributed by atoms with Crippen molar-refractivity contribution in [2.45, 2.75) is 39.7 Å². The van der Waals surface area contributed by atoms with Gasteiger partial charge in [0.25, 0.3) is 5.91 Å². The van der Waals surface area contributed by atoms with Crippen molar-refractivity contribution >= 4 is 19.4 Å². The van der Waals surface area contributed by atoms with Crippen LogP contribution in [0.15, 0.2) is 18.2 Å². The number of nitrogens with zero attached hydrogens (tertiary/aromatic N) is 2. The van der Waals surface area contributed by atoms with Gasteiger partial charge in [-0.15, -0.1) is 0 Å². The SMILES string of the molecule is CN(C)C(=O)c1cccc([C@@H](O)CCC(C)(C)C)n1.S. The fourth-order valence-corrected chi connectivity index (χ4v) is 1.70. The number of hydrogen-bond donors (Lipinski definition) is 1. The van der Waals surface area contributed by atoms with Gasteiger partial charge >= 0.3 is 0 Å². The number of pyridine rings is 1. The molecule has 1 aromatic heterocycles. The van der Waals surface area contributed by atoms with Crippen LogP contribution in [0.2, 0.25) is 0 Å². The van der Waals surface area contributed by atoms with E-state index in [4.69, 9.17) is 0 Å². The Balaban J connectivity index is 0.00000361. The molecule has 5 heteroatoms. The van der Waals surface area contributed by atoms with Gasteiger partial charge in [0.2, 0.25) is 0 Å². The van der Waals surface area contributed by atoms with Crippen LogP contribution in [-0.4, -0.2) is 35.0 Å². The van der Waals surface area contributed by atoms with Crippen molar-refractivity contribution in [3.05, 3.63) is 29.6 Å². The third-order valence-corrected chi connectivity index (χ3v) is 2.91. The zero-order chi connectivity index (χ0) is 14.6. The summed E-state index contributed by atoms with van der Waals surface area (Å²) in [4.78, 5) is 17.6. The number of amides is 1. The second kappa shape index (κ2) is 7.64. The van der Waals surface area contributed by atoms with Gasteiger partial charge in [-0.1, -0.05) is 26.8 Å². The second-order valence-electron chi connectivity index (χ2n) is 6.26. The predicted octanol–water partition coefficient (Wildman–Crippen LogP) is 2.76. The molecular weight excluding hydrogens is 272 g/mol. The Kier molecular flexibility index (Phi) is 7.23. The number of hydrogen-bond acceptors (Lipinski definition) is 3. The molecule has 0 aliphatic heterocycles. The molecule has 0 unspecified atom stereocenters. The molecule has 1 atom stereocenters. The maximum Gasteiger partial charge on any atom is 0.271 e. The first-order valence-electron chi connectivity index (χ1n) is 6.57. The van der Waals surface area contributed by atoms with E-state index in [1.807, 2.05) is 0 Å². The Bertz CT molecular complexity index is 442. The van der Waals surface area contributed by atoms with Gasteiger partial charge in [-0.05, 0) is 30.4 Å². The van der Waals surface area contributed by atoms with Gasteiger partial charge in [-0.2, -0.15) is 13.5 Å². The first kappa shape index (κ1) is 18.9. The molecule has 0 aliphatic rings. The molecule has 0 saturated carbocycles. The van der Waals surface area contributed by atoms with Gasteiger partial charge in [0.15, 0.2) is 0 Å². The average molecular weight is 298 g/mol. The second-order valence-corrected chi connectivity index (χ2v) is 6.26. The molecule has 0 fully saturated rings. The Morgan fingerprint density at radius 2 is 1.95 bits per heavy atom. The molecule has 1 heterocycles. The number of aromatic nitrogens is 1. The number of rotatable bonds is 4. The Morgan fingerprint density at radius 3 is 2.45 bits per heavy atom. The third-order valence-electron chi connectivity index (χ3n) is 2.91. The summed E-state index contributed by atoms with van der Waals surface area (Å²) in [7, 11) is 3.37. The van der Waals surface area contributed by atoms with E-state index in [0.717, 1.165) is 6.42 Å². The monoisotopic (exact) mass is 298 g/mol. The van der Waals surface area contributed by atoms with Crippen molar-refractivity contribution in [2.75, 3.05) is 14.1 Å². The van der Waals surface area contributed by atoms with Crippen molar-refractivity contribution < 1.29 is 9.90 Å². The molecule has 1 N–H and O–H groups in total. The van der Waals surface area contributed by atoms with Crippen molar-refractivity contribution in [1.82, 2.24) is 9.88 Å². The first-order valence-corrected chi connectivity index (χ1v) is 6.57. The highest BCUT2D eigenvalue weighted by atomic mass is 32.1. The van der Waals surface area contributed by atoms with E-state index in [2.05, 4.69) is 25.8 Å². The topological polar surface area (TPSA) is 53.4 Å². The molecular formula is C15H26N2O2S. The van der Waals surface area contributed by atoms with E-state index in [1.54, 1.807) is 32.3 Å².